The Morgan fingerprint density at radius 2 is 2.26 bits per heavy atom. The smallest absolute Gasteiger partial charge is 0.315 e. The average Bonchev–Trinajstić information content (AvgIpc) is 2.37. The van der Waals surface area contributed by atoms with Gasteiger partial charge >= 0.3 is 5.97 Å². The molecule has 0 bridgehead atoms. The molecule has 2 rings (SSSR count). The van der Waals surface area contributed by atoms with Gasteiger partial charge in [0.05, 0.1) is 7.11 Å². The minimum absolute atomic E-state index is 0.168. The highest BCUT2D eigenvalue weighted by atomic mass is 35.5. The fourth-order valence-corrected chi connectivity index (χ4v) is 2.75. The highest BCUT2D eigenvalue weighted by Crippen LogP contribution is 2.36. The van der Waals surface area contributed by atoms with Crippen LogP contribution in [0.15, 0.2) is 29.3 Å². The van der Waals surface area contributed by atoms with Crippen LogP contribution in [0.4, 0.5) is 0 Å². The van der Waals surface area contributed by atoms with Gasteiger partial charge in [0.2, 0.25) is 0 Å². The fourth-order valence-electron chi connectivity index (χ4n) is 2.55. The number of aliphatic hydroxyl groups excluding tert-OH is 1. The minimum atomic E-state index is -0.787. The van der Waals surface area contributed by atoms with Gasteiger partial charge in [0, 0.05) is 23.1 Å². The standard InChI is InChI=1S/C14H16ClNO3/c1-8-13(14(18)19-2)11(7-12(17)16-8)9-4-3-5-10(15)6-9/h3-6,11-13,17H,7H2,1-2H3. The first-order chi connectivity index (χ1) is 9.02. The van der Waals surface area contributed by atoms with Gasteiger partial charge in [0.15, 0.2) is 0 Å². The number of methoxy groups -OCH3 is 1. The van der Waals surface area contributed by atoms with Crippen molar-refractivity contribution in [3.63, 3.8) is 0 Å². The number of esters is 1. The lowest BCUT2D eigenvalue weighted by molar-refractivity contribution is -0.144. The summed E-state index contributed by atoms with van der Waals surface area (Å²) in [6, 6.07) is 7.32. The van der Waals surface area contributed by atoms with Gasteiger partial charge in [0.25, 0.3) is 0 Å². The van der Waals surface area contributed by atoms with Crippen molar-refractivity contribution in [2.24, 2.45) is 10.9 Å². The largest absolute Gasteiger partial charge is 0.468 e. The number of nitrogens with zero attached hydrogens (tertiary/aromatic N) is 1. The normalized spacial score (nSPS) is 26.7. The molecule has 1 N–H and O–H groups in total. The van der Waals surface area contributed by atoms with Gasteiger partial charge < -0.3 is 9.84 Å². The molecule has 0 spiro atoms. The van der Waals surface area contributed by atoms with Crippen molar-refractivity contribution < 1.29 is 14.6 Å². The Kier molecular flexibility index (Phi) is 4.22. The van der Waals surface area contributed by atoms with E-state index in [0.717, 1.165) is 5.56 Å². The van der Waals surface area contributed by atoms with Gasteiger partial charge in [-0.1, -0.05) is 23.7 Å². The van der Waals surface area contributed by atoms with Gasteiger partial charge in [-0.3, -0.25) is 9.79 Å². The molecule has 0 saturated carbocycles. The number of benzene rings is 1. The summed E-state index contributed by atoms with van der Waals surface area (Å²) in [6.07, 6.45) is -0.401. The predicted molar refractivity (Wildman–Crippen MR) is 73.4 cm³/mol. The van der Waals surface area contributed by atoms with Crippen molar-refractivity contribution in [3.05, 3.63) is 34.9 Å². The zero-order chi connectivity index (χ0) is 14.0. The van der Waals surface area contributed by atoms with E-state index in [-0.39, 0.29) is 11.9 Å². The van der Waals surface area contributed by atoms with E-state index >= 15 is 0 Å². The Bertz CT molecular complexity index is 515. The van der Waals surface area contributed by atoms with E-state index in [1.165, 1.54) is 7.11 Å². The highest BCUT2D eigenvalue weighted by molar-refractivity contribution is 6.30. The molecule has 0 amide bonds. The molecule has 1 aliphatic rings. The molecule has 19 heavy (non-hydrogen) atoms. The zero-order valence-corrected chi connectivity index (χ0v) is 11.6. The van der Waals surface area contributed by atoms with Crippen LogP contribution in [0.1, 0.15) is 24.8 Å². The molecule has 3 unspecified atom stereocenters. The van der Waals surface area contributed by atoms with Crippen molar-refractivity contribution in [1.82, 2.24) is 0 Å². The van der Waals surface area contributed by atoms with Crippen LogP contribution in [0.25, 0.3) is 0 Å². The first-order valence-corrected chi connectivity index (χ1v) is 6.46. The first kappa shape index (κ1) is 14.0. The number of carbonyl (C=O) groups is 1. The number of ether oxygens (including phenoxy) is 1. The number of aliphatic hydroxyl groups is 1. The van der Waals surface area contributed by atoms with Gasteiger partial charge in [-0.25, -0.2) is 0 Å². The molecule has 0 fully saturated rings. The second-order valence-electron chi connectivity index (χ2n) is 4.65. The summed E-state index contributed by atoms with van der Waals surface area (Å²) in [4.78, 5) is 16.0. The summed E-state index contributed by atoms with van der Waals surface area (Å²) in [7, 11) is 1.36. The molecule has 1 aliphatic heterocycles. The molecule has 4 nitrogen and oxygen atoms in total. The second-order valence-corrected chi connectivity index (χ2v) is 5.09. The SMILES string of the molecule is COC(=O)C1C(C)=NC(O)CC1c1cccc(Cl)c1. The Balaban J connectivity index is 2.41. The number of aliphatic imine (C=N–C) groups is 1. The summed E-state index contributed by atoms with van der Waals surface area (Å²) in [6.45, 7) is 1.74. The van der Waals surface area contributed by atoms with Crippen molar-refractivity contribution in [2.75, 3.05) is 7.11 Å². The lowest BCUT2D eigenvalue weighted by Crippen LogP contribution is -2.36. The highest BCUT2D eigenvalue weighted by Gasteiger charge is 2.37. The van der Waals surface area contributed by atoms with Crippen LogP contribution in [0.2, 0.25) is 5.02 Å². The molecule has 0 saturated heterocycles. The van der Waals surface area contributed by atoms with Crippen molar-refractivity contribution in [3.8, 4) is 0 Å². The Hall–Kier alpha value is -1.39. The number of rotatable bonds is 2. The second kappa shape index (κ2) is 5.72. The molecule has 1 aromatic carbocycles. The topological polar surface area (TPSA) is 58.9 Å². The van der Waals surface area contributed by atoms with Gasteiger partial charge in [-0.05, 0) is 24.6 Å². The van der Waals surface area contributed by atoms with Gasteiger partial charge in [-0.2, -0.15) is 0 Å². The number of hydrogen-bond acceptors (Lipinski definition) is 4. The number of carbonyl (C=O) groups excluding carboxylic acids is 1. The summed E-state index contributed by atoms with van der Waals surface area (Å²) < 4.78 is 4.84. The Morgan fingerprint density at radius 1 is 1.53 bits per heavy atom. The molecule has 5 heteroatoms. The van der Waals surface area contributed by atoms with Crippen LogP contribution in [-0.2, 0) is 9.53 Å². The maximum Gasteiger partial charge on any atom is 0.315 e. The van der Waals surface area contributed by atoms with Crippen LogP contribution in [-0.4, -0.2) is 30.1 Å². The third kappa shape index (κ3) is 2.96. The van der Waals surface area contributed by atoms with E-state index in [0.29, 0.717) is 17.2 Å². The summed E-state index contributed by atoms with van der Waals surface area (Å²) >= 11 is 5.99. The summed E-state index contributed by atoms with van der Waals surface area (Å²) in [5.41, 5.74) is 1.51. The van der Waals surface area contributed by atoms with Crippen LogP contribution >= 0.6 is 11.6 Å². The van der Waals surface area contributed by atoms with Crippen LogP contribution < -0.4 is 0 Å². The van der Waals surface area contributed by atoms with Crippen LogP contribution in [0, 0.1) is 5.92 Å². The van der Waals surface area contributed by atoms with E-state index in [2.05, 4.69) is 4.99 Å². The average molecular weight is 282 g/mol. The molecule has 1 heterocycles. The van der Waals surface area contributed by atoms with Gasteiger partial charge in [-0.15, -0.1) is 0 Å². The van der Waals surface area contributed by atoms with Crippen LogP contribution in [0.5, 0.6) is 0 Å². The van der Waals surface area contributed by atoms with Crippen molar-refractivity contribution >= 4 is 23.3 Å². The molecular formula is C14H16ClNO3. The lowest BCUT2D eigenvalue weighted by Gasteiger charge is -2.31. The molecule has 0 aliphatic carbocycles. The molecule has 3 atom stereocenters. The van der Waals surface area contributed by atoms with Crippen molar-refractivity contribution in [1.29, 1.82) is 0 Å². The van der Waals surface area contributed by atoms with E-state index in [1.807, 2.05) is 18.2 Å². The van der Waals surface area contributed by atoms with Crippen molar-refractivity contribution in [2.45, 2.75) is 25.5 Å². The van der Waals surface area contributed by atoms with Gasteiger partial charge in [0.1, 0.15) is 12.1 Å². The Labute approximate surface area is 117 Å². The van der Waals surface area contributed by atoms with E-state index < -0.39 is 12.1 Å². The first-order valence-electron chi connectivity index (χ1n) is 6.08. The quantitative estimate of drug-likeness (QED) is 0.847. The lowest BCUT2D eigenvalue weighted by atomic mass is 9.78. The minimum Gasteiger partial charge on any atom is -0.468 e. The van der Waals surface area contributed by atoms with E-state index in [1.54, 1.807) is 13.0 Å². The van der Waals surface area contributed by atoms with E-state index in [9.17, 15) is 9.90 Å². The number of halogens is 1. The molecule has 102 valence electrons. The molecule has 0 aromatic heterocycles. The Morgan fingerprint density at radius 3 is 2.89 bits per heavy atom. The summed E-state index contributed by atoms with van der Waals surface area (Å²) in [5.74, 6) is -0.969. The van der Waals surface area contributed by atoms with Crippen LogP contribution in [0.3, 0.4) is 0 Å². The monoisotopic (exact) mass is 281 g/mol. The summed E-state index contributed by atoms with van der Waals surface area (Å²) in [5, 5.41) is 10.4. The maximum atomic E-state index is 11.9. The number of hydrogen-bond donors (Lipinski definition) is 1. The third-order valence-corrected chi connectivity index (χ3v) is 3.64. The predicted octanol–water partition coefficient (Wildman–Crippen LogP) is 2.40. The van der Waals surface area contributed by atoms with E-state index in [4.69, 9.17) is 16.3 Å². The molecule has 1 aromatic rings. The fraction of sp³-hybridized carbons (Fsp3) is 0.429. The third-order valence-electron chi connectivity index (χ3n) is 3.40. The maximum absolute atomic E-state index is 11.9. The molecule has 0 radical (unpaired) electrons. The molecular weight excluding hydrogens is 266 g/mol. The zero-order valence-electron chi connectivity index (χ0n) is 10.8.